The predicted molar refractivity (Wildman–Crippen MR) is 96.1 cm³/mol. The number of hydrogen-bond donors (Lipinski definition) is 2. The van der Waals surface area contributed by atoms with Crippen LogP contribution < -0.4 is 11.1 Å². The van der Waals surface area contributed by atoms with Crippen LogP contribution >= 0.6 is 0 Å². The standard InChI is InChI=1S/C19H30N4O2/c1-13-16(12-21-23(13)15-9-5-6-10-15)19(25)22-17(11-18(20)24)14-7-3-2-4-8-14/h12,14-15,17H,2-11H2,1H3,(H2,20,24)(H,22,25)/t17-/m0/s1. The van der Waals surface area contributed by atoms with Crippen LogP contribution in [0.15, 0.2) is 6.20 Å². The highest BCUT2D eigenvalue weighted by molar-refractivity contribution is 5.95. The molecule has 3 rings (SSSR count). The molecule has 0 spiro atoms. The molecule has 0 radical (unpaired) electrons. The maximum atomic E-state index is 12.8. The van der Waals surface area contributed by atoms with Crippen molar-refractivity contribution < 1.29 is 9.59 Å². The van der Waals surface area contributed by atoms with Gasteiger partial charge in [0.15, 0.2) is 0 Å². The van der Waals surface area contributed by atoms with Gasteiger partial charge in [0, 0.05) is 18.2 Å². The van der Waals surface area contributed by atoms with E-state index >= 15 is 0 Å². The monoisotopic (exact) mass is 346 g/mol. The fourth-order valence-electron chi connectivity index (χ4n) is 4.50. The van der Waals surface area contributed by atoms with Gasteiger partial charge in [-0.2, -0.15) is 5.10 Å². The zero-order valence-electron chi connectivity index (χ0n) is 15.2. The van der Waals surface area contributed by atoms with E-state index in [-0.39, 0.29) is 24.3 Å². The highest BCUT2D eigenvalue weighted by atomic mass is 16.2. The average molecular weight is 346 g/mol. The van der Waals surface area contributed by atoms with E-state index in [0.29, 0.717) is 17.5 Å². The quantitative estimate of drug-likeness (QED) is 0.830. The van der Waals surface area contributed by atoms with Crippen LogP contribution in [-0.2, 0) is 4.79 Å². The molecule has 1 heterocycles. The first-order valence-corrected chi connectivity index (χ1v) is 9.69. The topological polar surface area (TPSA) is 90.0 Å². The Kier molecular flexibility index (Phi) is 5.76. The van der Waals surface area contributed by atoms with Crippen LogP contribution in [0.3, 0.4) is 0 Å². The molecule has 1 aromatic rings. The molecular weight excluding hydrogens is 316 g/mol. The third kappa shape index (κ3) is 4.22. The van der Waals surface area contributed by atoms with E-state index < -0.39 is 0 Å². The highest BCUT2D eigenvalue weighted by Gasteiger charge is 2.28. The summed E-state index contributed by atoms with van der Waals surface area (Å²) < 4.78 is 2.01. The Morgan fingerprint density at radius 3 is 2.48 bits per heavy atom. The maximum absolute atomic E-state index is 12.8. The molecule has 0 aromatic carbocycles. The van der Waals surface area contributed by atoms with Crippen LogP contribution in [-0.4, -0.2) is 27.6 Å². The van der Waals surface area contributed by atoms with Gasteiger partial charge in [-0.3, -0.25) is 14.3 Å². The summed E-state index contributed by atoms with van der Waals surface area (Å²) in [4.78, 5) is 24.3. The lowest BCUT2D eigenvalue weighted by Crippen LogP contribution is -2.43. The van der Waals surface area contributed by atoms with Crippen LogP contribution in [0.25, 0.3) is 0 Å². The number of hydrogen-bond acceptors (Lipinski definition) is 3. The summed E-state index contributed by atoms with van der Waals surface area (Å²) in [6.07, 6.45) is 12.3. The van der Waals surface area contributed by atoms with E-state index in [4.69, 9.17) is 5.73 Å². The molecule has 25 heavy (non-hydrogen) atoms. The van der Waals surface area contributed by atoms with Crippen molar-refractivity contribution in [1.29, 1.82) is 0 Å². The van der Waals surface area contributed by atoms with Crippen molar-refractivity contribution >= 4 is 11.8 Å². The van der Waals surface area contributed by atoms with Gasteiger partial charge in [-0.15, -0.1) is 0 Å². The molecule has 2 fully saturated rings. The van der Waals surface area contributed by atoms with Gasteiger partial charge in [-0.05, 0) is 38.5 Å². The first-order valence-electron chi connectivity index (χ1n) is 9.69. The number of carbonyl (C=O) groups is 2. The summed E-state index contributed by atoms with van der Waals surface area (Å²) in [5, 5.41) is 7.55. The van der Waals surface area contributed by atoms with Gasteiger partial charge >= 0.3 is 0 Å². The largest absolute Gasteiger partial charge is 0.370 e. The van der Waals surface area contributed by atoms with Crippen molar-refractivity contribution in [3.63, 3.8) is 0 Å². The van der Waals surface area contributed by atoms with Crippen LogP contribution in [0.5, 0.6) is 0 Å². The van der Waals surface area contributed by atoms with Crippen molar-refractivity contribution in [1.82, 2.24) is 15.1 Å². The fraction of sp³-hybridized carbons (Fsp3) is 0.737. The normalized spacial score (nSPS) is 20.5. The van der Waals surface area contributed by atoms with E-state index in [9.17, 15) is 9.59 Å². The van der Waals surface area contributed by atoms with Gasteiger partial charge < -0.3 is 11.1 Å². The molecule has 0 saturated heterocycles. The molecule has 0 aliphatic heterocycles. The second-order valence-electron chi connectivity index (χ2n) is 7.67. The smallest absolute Gasteiger partial charge is 0.254 e. The molecule has 1 atom stereocenters. The van der Waals surface area contributed by atoms with E-state index in [0.717, 1.165) is 44.2 Å². The average Bonchev–Trinajstić information content (AvgIpc) is 3.24. The Morgan fingerprint density at radius 1 is 1.20 bits per heavy atom. The summed E-state index contributed by atoms with van der Waals surface area (Å²) in [6.45, 7) is 1.96. The Morgan fingerprint density at radius 2 is 1.84 bits per heavy atom. The number of carbonyl (C=O) groups excluding carboxylic acids is 2. The molecule has 2 amide bonds. The molecule has 0 bridgehead atoms. The summed E-state index contributed by atoms with van der Waals surface area (Å²) in [6, 6.07) is 0.251. The minimum atomic E-state index is -0.353. The predicted octanol–water partition coefficient (Wildman–Crippen LogP) is 2.86. The molecule has 1 aromatic heterocycles. The van der Waals surface area contributed by atoms with Gasteiger partial charge in [-0.25, -0.2) is 0 Å². The van der Waals surface area contributed by atoms with Crippen LogP contribution in [0.1, 0.15) is 86.3 Å². The number of primary amides is 1. The molecule has 138 valence electrons. The summed E-state index contributed by atoms with van der Waals surface area (Å²) >= 11 is 0. The lowest BCUT2D eigenvalue weighted by Gasteiger charge is -2.30. The Hall–Kier alpha value is -1.85. The Balaban J connectivity index is 1.71. The van der Waals surface area contributed by atoms with Crippen LogP contribution in [0, 0.1) is 12.8 Å². The second-order valence-corrected chi connectivity index (χ2v) is 7.67. The highest BCUT2D eigenvalue weighted by Crippen LogP contribution is 2.31. The number of aromatic nitrogens is 2. The zero-order chi connectivity index (χ0) is 17.8. The van der Waals surface area contributed by atoms with Gasteiger partial charge in [-0.1, -0.05) is 32.1 Å². The number of rotatable bonds is 6. The summed E-state index contributed by atoms with van der Waals surface area (Å²) in [5.74, 6) is -0.136. The second kappa shape index (κ2) is 8.02. The lowest BCUT2D eigenvalue weighted by molar-refractivity contribution is -0.118. The van der Waals surface area contributed by atoms with Crippen molar-refractivity contribution in [3.05, 3.63) is 17.5 Å². The van der Waals surface area contributed by atoms with Gasteiger partial charge in [0.25, 0.3) is 5.91 Å². The number of nitrogens with two attached hydrogens (primary N) is 1. The van der Waals surface area contributed by atoms with E-state index in [1.165, 1.54) is 19.3 Å². The van der Waals surface area contributed by atoms with Crippen molar-refractivity contribution in [2.24, 2.45) is 11.7 Å². The van der Waals surface area contributed by atoms with Crippen LogP contribution in [0.2, 0.25) is 0 Å². The Labute approximate surface area is 149 Å². The SMILES string of the molecule is Cc1c(C(=O)N[C@@H](CC(N)=O)C2CCCCC2)cnn1C1CCCC1. The van der Waals surface area contributed by atoms with Crippen molar-refractivity contribution in [3.8, 4) is 0 Å². The number of nitrogens with zero attached hydrogens (tertiary/aromatic N) is 2. The molecule has 2 aliphatic carbocycles. The van der Waals surface area contributed by atoms with Gasteiger partial charge in [0.2, 0.25) is 5.91 Å². The molecule has 0 unspecified atom stereocenters. The van der Waals surface area contributed by atoms with E-state index in [1.807, 2.05) is 11.6 Å². The molecule has 6 nitrogen and oxygen atoms in total. The molecule has 6 heteroatoms. The van der Waals surface area contributed by atoms with Gasteiger partial charge in [0.05, 0.1) is 17.8 Å². The van der Waals surface area contributed by atoms with Crippen LogP contribution in [0.4, 0.5) is 0 Å². The minimum Gasteiger partial charge on any atom is -0.370 e. The van der Waals surface area contributed by atoms with Crippen molar-refractivity contribution in [2.45, 2.75) is 83.2 Å². The number of amides is 2. The molecular formula is C19H30N4O2. The number of nitrogens with one attached hydrogen (secondary N) is 1. The minimum absolute atomic E-state index is 0.126. The maximum Gasteiger partial charge on any atom is 0.254 e. The van der Waals surface area contributed by atoms with E-state index in [1.54, 1.807) is 6.20 Å². The first kappa shape index (κ1) is 18.0. The molecule has 2 aliphatic rings. The zero-order valence-corrected chi connectivity index (χ0v) is 15.2. The summed E-state index contributed by atoms with van der Waals surface area (Å²) in [5.41, 5.74) is 6.97. The van der Waals surface area contributed by atoms with Gasteiger partial charge in [0.1, 0.15) is 0 Å². The summed E-state index contributed by atoms with van der Waals surface area (Å²) in [7, 11) is 0. The Bertz CT molecular complexity index is 613. The van der Waals surface area contributed by atoms with Crippen molar-refractivity contribution in [2.75, 3.05) is 0 Å². The first-order chi connectivity index (χ1) is 12.1. The lowest BCUT2D eigenvalue weighted by atomic mass is 9.82. The fourth-order valence-corrected chi connectivity index (χ4v) is 4.50. The third-order valence-electron chi connectivity index (χ3n) is 5.92. The third-order valence-corrected chi connectivity index (χ3v) is 5.92. The molecule has 3 N–H and O–H groups in total. The molecule has 2 saturated carbocycles. The van der Waals surface area contributed by atoms with E-state index in [2.05, 4.69) is 10.4 Å².